The quantitative estimate of drug-likeness (QED) is 0.909. The largest absolute Gasteiger partial charge is 0.479 e. The lowest BCUT2D eigenvalue weighted by Gasteiger charge is -2.15. The Morgan fingerprint density at radius 2 is 1.85 bits per heavy atom. The molecular weight excluding hydrogens is 297 g/mol. The number of carbonyl (C=O) groups is 1. The van der Waals surface area contributed by atoms with Crippen LogP contribution in [0.3, 0.4) is 0 Å². The van der Waals surface area contributed by atoms with Gasteiger partial charge in [-0.25, -0.2) is 0 Å². The van der Waals surface area contributed by atoms with Gasteiger partial charge in [0, 0.05) is 16.8 Å². The van der Waals surface area contributed by atoms with Gasteiger partial charge in [-0.3, -0.25) is 4.79 Å². The summed E-state index contributed by atoms with van der Waals surface area (Å²) in [6.07, 6.45) is -0.689. The van der Waals surface area contributed by atoms with Gasteiger partial charge in [-0.2, -0.15) is 0 Å². The molecule has 0 radical (unpaired) electrons. The van der Waals surface area contributed by atoms with E-state index in [-0.39, 0.29) is 5.91 Å². The fourth-order valence-corrected chi connectivity index (χ4v) is 1.90. The second-order valence-electron chi connectivity index (χ2n) is 4.19. The van der Waals surface area contributed by atoms with Crippen molar-refractivity contribution in [1.29, 1.82) is 0 Å². The van der Waals surface area contributed by atoms with E-state index in [0.717, 1.165) is 0 Å². The highest BCUT2D eigenvalue weighted by atomic mass is 35.5. The van der Waals surface area contributed by atoms with Gasteiger partial charge in [0.15, 0.2) is 6.10 Å². The van der Waals surface area contributed by atoms with Crippen LogP contribution in [0, 0.1) is 0 Å². The Kier molecular flexibility index (Phi) is 4.88. The topological polar surface area (TPSA) is 38.3 Å². The van der Waals surface area contributed by atoms with Crippen molar-refractivity contribution in [2.45, 2.75) is 13.0 Å². The molecule has 0 heterocycles. The van der Waals surface area contributed by atoms with E-state index < -0.39 is 6.10 Å². The number of para-hydroxylation sites is 1. The van der Waals surface area contributed by atoms with Gasteiger partial charge in [-0.1, -0.05) is 41.4 Å². The van der Waals surface area contributed by atoms with Crippen LogP contribution in [-0.4, -0.2) is 12.0 Å². The fraction of sp³-hybridized carbons (Fsp3) is 0.133. The number of anilines is 1. The smallest absolute Gasteiger partial charge is 0.265 e. The lowest BCUT2D eigenvalue weighted by Crippen LogP contribution is -2.30. The van der Waals surface area contributed by atoms with Gasteiger partial charge in [0.25, 0.3) is 5.91 Å². The maximum Gasteiger partial charge on any atom is 0.265 e. The number of benzene rings is 2. The van der Waals surface area contributed by atoms with Crippen molar-refractivity contribution in [2.75, 3.05) is 5.32 Å². The standard InChI is InChI=1S/C15H13Cl2NO2/c1-10(15(19)18-12-5-3-2-4-6-12)20-14-9-11(16)7-8-13(14)17/h2-10H,1H3,(H,18,19)/t10-/m0/s1. The number of nitrogens with one attached hydrogen (secondary N) is 1. The molecule has 0 saturated carbocycles. The average molecular weight is 310 g/mol. The maximum atomic E-state index is 12.0. The maximum absolute atomic E-state index is 12.0. The normalized spacial score (nSPS) is 11.8. The second kappa shape index (κ2) is 6.64. The third kappa shape index (κ3) is 3.89. The second-order valence-corrected chi connectivity index (χ2v) is 5.03. The van der Waals surface area contributed by atoms with Crippen molar-refractivity contribution in [1.82, 2.24) is 0 Å². The predicted octanol–water partition coefficient (Wildman–Crippen LogP) is 4.40. The van der Waals surface area contributed by atoms with Gasteiger partial charge in [0.2, 0.25) is 0 Å². The molecule has 0 aromatic heterocycles. The lowest BCUT2D eigenvalue weighted by atomic mass is 10.3. The summed E-state index contributed by atoms with van der Waals surface area (Å²) in [6, 6.07) is 14.0. The number of halogens is 2. The van der Waals surface area contributed by atoms with Crippen molar-refractivity contribution in [2.24, 2.45) is 0 Å². The molecule has 1 amide bonds. The van der Waals surface area contributed by atoms with Crippen LogP contribution >= 0.6 is 23.2 Å². The van der Waals surface area contributed by atoms with Crippen LogP contribution < -0.4 is 10.1 Å². The van der Waals surface area contributed by atoms with E-state index in [4.69, 9.17) is 27.9 Å². The molecule has 5 heteroatoms. The number of amides is 1. The molecule has 1 atom stereocenters. The van der Waals surface area contributed by atoms with Crippen molar-refractivity contribution in [3.05, 3.63) is 58.6 Å². The molecule has 0 fully saturated rings. The van der Waals surface area contributed by atoms with Crippen LogP contribution in [-0.2, 0) is 4.79 Å². The zero-order valence-electron chi connectivity index (χ0n) is 10.8. The van der Waals surface area contributed by atoms with Crippen LogP contribution in [0.25, 0.3) is 0 Å². The predicted molar refractivity (Wildman–Crippen MR) is 81.6 cm³/mol. The van der Waals surface area contributed by atoms with E-state index >= 15 is 0 Å². The van der Waals surface area contributed by atoms with Crippen molar-refractivity contribution in [3.8, 4) is 5.75 Å². The fourth-order valence-electron chi connectivity index (χ4n) is 1.58. The Balaban J connectivity index is 2.02. The first-order valence-corrected chi connectivity index (χ1v) is 6.79. The van der Waals surface area contributed by atoms with E-state index in [0.29, 0.717) is 21.5 Å². The van der Waals surface area contributed by atoms with Crippen LogP contribution in [0.1, 0.15) is 6.92 Å². The highest BCUT2D eigenvalue weighted by Crippen LogP contribution is 2.28. The summed E-state index contributed by atoms with van der Waals surface area (Å²) in [4.78, 5) is 12.0. The number of hydrogen-bond donors (Lipinski definition) is 1. The van der Waals surface area contributed by atoms with Gasteiger partial charge < -0.3 is 10.1 Å². The molecule has 3 nitrogen and oxygen atoms in total. The van der Waals surface area contributed by atoms with Crippen LogP contribution in [0.15, 0.2) is 48.5 Å². The first-order chi connectivity index (χ1) is 9.56. The molecule has 1 N–H and O–H groups in total. The van der Waals surface area contributed by atoms with E-state index in [1.807, 2.05) is 18.2 Å². The van der Waals surface area contributed by atoms with Crippen molar-refractivity contribution in [3.63, 3.8) is 0 Å². The molecular formula is C15H13Cl2NO2. The summed E-state index contributed by atoms with van der Waals surface area (Å²) < 4.78 is 5.53. The van der Waals surface area contributed by atoms with Crippen molar-refractivity contribution < 1.29 is 9.53 Å². The summed E-state index contributed by atoms with van der Waals surface area (Å²) in [7, 11) is 0. The molecule has 0 aliphatic carbocycles. The lowest BCUT2D eigenvalue weighted by molar-refractivity contribution is -0.122. The highest BCUT2D eigenvalue weighted by Gasteiger charge is 2.16. The minimum atomic E-state index is -0.689. The molecule has 2 aromatic carbocycles. The van der Waals surface area contributed by atoms with Gasteiger partial charge >= 0.3 is 0 Å². The highest BCUT2D eigenvalue weighted by molar-refractivity contribution is 6.34. The Bertz CT molecular complexity index is 602. The Hall–Kier alpha value is -1.71. The Morgan fingerprint density at radius 1 is 1.15 bits per heavy atom. The SMILES string of the molecule is C[C@H](Oc1cc(Cl)ccc1Cl)C(=O)Nc1ccccc1. The summed E-state index contributed by atoms with van der Waals surface area (Å²) >= 11 is 11.9. The van der Waals surface area contributed by atoms with Crippen molar-refractivity contribution >= 4 is 34.8 Å². The number of hydrogen-bond acceptors (Lipinski definition) is 2. The number of carbonyl (C=O) groups excluding carboxylic acids is 1. The van der Waals surface area contributed by atoms with Gasteiger partial charge in [-0.05, 0) is 31.2 Å². The molecule has 0 saturated heterocycles. The van der Waals surface area contributed by atoms with Crippen LogP contribution in [0.2, 0.25) is 10.0 Å². The molecule has 0 spiro atoms. The number of ether oxygens (including phenoxy) is 1. The molecule has 0 aliphatic rings. The van der Waals surface area contributed by atoms with E-state index in [1.165, 1.54) is 0 Å². The van der Waals surface area contributed by atoms with Crippen LogP contribution in [0.5, 0.6) is 5.75 Å². The molecule has 0 aliphatic heterocycles. The minimum absolute atomic E-state index is 0.257. The Morgan fingerprint density at radius 3 is 2.55 bits per heavy atom. The summed E-state index contributed by atoms with van der Waals surface area (Å²) in [5, 5.41) is 3.67. The molecule has 0 unspecified atom stereocenters. The van der Waals surface area contributed by atoms with Gasteiger partial charge in [0.05, 0.1) is 5.02 Å². The average Bonchev–Trinajstić information content (AvgIpc) is 2.44. The monoisotopic (exact) mass is 309 g/mol. The number of rotatable bonds is 4. The molecule has 104 valence electrons. The summed E-state index contributed by atoms with van der Waals surface area (Å²) in [5.41, 5.74) is 0.713. The van der Waals surface area contributed by atoms with Gasteiger partial charge in [0.1, 0.15) is 5.75 Å². The zero-order chi connectivity index (χ0) is 14.5. The van der Waals surface area contributed by atoms with E-state index in [9.17, 15) is 4.79 Å². The molecule has 0 bridgehead atoms. The van der Waals surface area contributed by atoms with E-state index in [1.54, 1.807) is 37.3 Å². The molecule has 20 heavy (non-hydrogen) atoms. The molecule has 2 rings (SSSR count). The first kappa shape index (κ1) is 14.7. The van der Waals surface area contributed by atoms with Gasteiger partial charge in [-0.15, -0.1) is 0 Å². The van der Waals surface area contributed by atoms with Crippen LogP contribution in [0.4, 0.5) is 5.69 Å². The minimum Gasteiger partial charge on any atom is -0.479 e. The Labute approximate surface area is 127 Å². The third-order valence-corrected chi connectivity index (χ3v) is 3.15. The molecule has 2 aromatic rings. The summed E-state index contributed by atoms with van der Waals surface area (Å²) in [6.45, 7) is 1.65. The van der Waals surface area contributed by atoms with E-state index in [2.05, 4.69) is 5.32 Å². The first-order valence-electron chi connectivity index (χ1n) is 6.04. The third-order valence-electron chi connectivity index (χ3n) is 2.61. The zero-order valence-corrected chi connectivity index (χ0v) is 12.3. The summed E-state index contributed by atoms with van der Waals surface area (Å²) in [5.74, 6) is 0.127.